The molecule has 1 aliphatic rings. The number of carbonyl (C=O) groups excluding carboxylic acids is 2. The Kier molecular flexibility index (Phi) is 2.12. The summed E-state index contributed by atoms with van der Waals surface area (Å²) in [5.74, 6) is -0.160. The fraction of sp³-hybridized carbons (Fsp3) is 0.571. The van der Waals surface area contributed by atoms with Gasteiger partial charge in [-0.15, -0.1) is 0 Å². The van der Waals surface area contributed by atoms with Crippen LogP contribution in [0.15, 0.2) is 0 Å². The SMILES string of the molecule is [CH2]CC1NC(=O)N(CC)C1=O. The Balaban J connectivity index is 2.71. The summed E-state index contributed by atoms with van der Waals surface area (Å²) in [5.41, 5.74) is 0. The smallest absolute Gasteiger partial charge is 0.324 e. The van der Waals surface area contributed by atoms with Crippen molar-refractivity contribution in [3.63, 3.8) is 0 Å². The molecule has 11 heavy (non-hydrogen) atoms. The molecule has 1 radical (unpaired) electrons. The van der Waals surface area contributed by atoms with Crippen LogP contribution >= 0.6 is 0 Å². The number of nitrogens with zero attached hydrogens (tertiary/aromatic N) is 1. The van der Waals surface area contributed by atoms with Gasteiger partial charge in [-0.25, -0.2) is 4.79 Å². The predicted octanol–water partition coefficient (Wildman–Crippen LogP) is 0.151. The standard InChI is InChI=1S/C7H11N2O2/c1-3-5-6(10)9(4-2)7(11)8-5/h5H,1,3-4H2,2H3,(H,8,11). The molecule has 0 aliphatic carbocycles. The number of urea groups is 1. The monoisotopic (exact) mass is 155 g/mol. The highest BCUT2D eigenvalue weighted by Gasteiger charge is 2.35. The van der Waals surface area contributed by atoms with Gasteiger partial charge in [0.25, 0.3) is 5.91 Å². The van der Waals surface area contributed by atoms with Gasteiger partial charge in [0.15, 0.2) is 0 Å². The summed E-state index contributed by atoms with van der Waals surface area (Å²) in [6.07, 6.45) is 0.418. The summed E-state index contributed by atoms with van der Waals surface area (Å²) < 4.78 is 0. The van der Waals surface area contributed by atoms with Gasteiger partial charge in [0, 0.05) is 6.54 Å². The van der Waals surface area contributed by atoms with Gasteiger partial charge in [-0.1, -0.05) is 6.92 Å². The van der Waals surface area contributed by atoms with Crippen molar-refractivity contribution in [3.05, 3.63) is 6.92 Å². The fourth-order valence-corrected chi connectivity index (χ4v) is 1.07. The van der Waals surface area contributed by atoms with E-state index < -0.39 is 6.04 Å². The maximum absolute atomic E-state index is 11.2. The molecule has 1 unspecified atom stereocenters. The van der Waals surface area contributed by atoms with Crippen molar-refractivity contribution in [2.24, 2.45) is 0 Å². The molecule has 1 atom stereocenters. The van der Waals surface area contributed by atoms with Crippen LogP contribution in [-0.2, 0) is 4.79 Å². The van der Waals surface area contributed by atoms with E-state index in [9.17, 15) is 9.59 Å². The van der Waals surface area contributed by atoms with Crippen LogP contribution in [0.5, 0.6) is 0 Å². The van der Waals surface area contributed by atoms with E-state index in [0.717, 1.165) is 0 Å². The van der Waals surface area contributed by atoms with Gasteiger partial charge in [0.1, 0.15) is 6.04 Å². The molecular weight excluding hydrogens is 144 g/mol. The van der Waals surface area contributed by atoms with Gasteiger partial charge in [-0.2, -0.15) is 0 Å². The van der Waals surface area contributed by atoms with Crippen LogP contribution in [0.4, 0.5) is 4.79 Å². The summed E-state index contributed by atoms with van der Waals surface area (Å²) in [6.45, 7) is 5.76. The number of hydrogen-bond donors (Lipinski definition) is 1. The molecule has 0 spiro atoms. The van der Waals surface area contributed by atoms with E-state index in [-0.39, 0.29) is 11.9 Å². The molecule has 1 heterocycles. The Labute approximate surface area is 65.6 Å². The van der Waals surface area contributed by atoms with E-state index in [1.54, 1.807) is 6.92 Å². The molecule has 1 aliphatic heterocycles. The van der Waals surface area contributed by atoms with E-state index >= 15 is 0 Å². The van der Waals surface area contributed by atoms with E-state index in [1.807, 2.05) is 0 Å². The van der Waals surface area contributed by atoms with Crippen LogP contribution in [0.2, 0.25) is 0 Å². The lowest BCUT2D eigenvalue weighted by Gasteiger charge is -2.07. The Hall–Kier alpha value is -1.06. The highest BCUT2D eigenvalue weighted by molar-refractivity contribution is 6.04. The van der Waals surface area contributed by atoms with Crippen molar-refractivity contribution in [2.75, 3.05) is 6.54 Å². The minimum atomic E-state index is -0.401. The normalized spacial score (nSPS) is 24.2. The molecule has 4 heteroatoms. The van der Waals surface area contributed by atoms with Crippen molar-refractivity contribution in [1.29, 1.82) is 0 Å². The van der Waals surface area contributed by atoms with Gasteiger partial charge in [0.05, 0.1) is 0 Å². The van der Waals surface area contributed by atoms with Crippen molar-refractivity contribution < 1.29 is 9.59 Å². The zero-order valence-electron chi connectivity index (χ0n) is 6.46. The van der Waals surface area contributed by atoms with Crippen LogP contribution in [0.1, 0.15) is 13.3 Å². The van der Waals surface area contributed by atoms with E-state index in [4.69, 9.17) is 0 Å². The number of carbonyl (C=O) groups is 2. The molecule has 61 valence electrons. The van der Waals surface area contributed by atoms with E-state index in [1.165, 1.54) is 4.90 Å². The molecule has 0 saturated carbocycles. The third kappa shape index (κ3) is 1.20. The summed E-state index contributed by atoms with van der Waals surface area (Å²) in [7, 11) is 0. The van der Waals surface area contributed by atoms with Crippen molar-refractivity contribution >= 4 is 11.9 Å². The number of likely N-dealkylation sites (N-methyl/N-ethyl adjacent to an activating group) is 1. The Morgan fingerprint density at radius 3 is 2.55 bits per heavy atom. The molecule has 1 N–H and O–H groups in total. The van der Waals surface area contributed by atoms with Crippen LogP contribution in [-0.4, -0.2) is 29.4 Å². The Bertz CT molecular complexity index is 191. The van der Waals surface area contributed by atoms with Crippen LogP contribution < -0.4 is 5.32 Å². The first-order valence-electron chi connectivity index (χ1n) is 3.61. The van der Waals surface area contributed by atoms with Crippen molar-refractivity contribution in [2.45, 2.75) is 19.4 Å². The molecule has 1 saturated heterocycles. The quantitative estimate of drug-likeness (QED) is 0.577. The Morgan fingerprint density at radius 1 is 1.64 bits per heavy atom. The molecule has 4 nitrogen and oxygen atoms in total. The van der Waals surface area contributed by atoms with Gasteiger partial charge in [-0.3, -0.25) is 9.69 Å². The number of rotatable bonds is 2. The lowest BCUT2D eigenvalue weighted by Crippen LogP contribution is -2.30. The lowest BCUT2D eigenvalue weighted by molar-refractivity contribution is -0.127. The third-order valence-corrected chi connectivity index (χ3v) is 1.71. The number of hydrogen-bond acceptors (Lipinski definition) is 2. The number of amides is 3. The summed E-state index contributed by atoms with van der Waals surface area (Å²) in [4.78, 5) is 23.3. The first-order valence-corrected chi connectivity index (χ1v) is 3.61. The highest BCUT2D eigenvalue weighted by atomic mass is 16.2. The molecular formula is C7H11N2O2. The second-order valence-corrected chi connectivity index (χ2v) is 2.37. The second kappa shape index (κ2) is 2.90. The molecule has 0 aromatic rings. The van der Waals surface area contributed by atoms with E-state index in [0.29, 0.717) is 13.0 Å². The topological polar surface area (TPSA) is 49.4 Å². The van der Waals surface area contributed by atoms with Gasteiger partial charge in [-0.05, 0) is 13.3 Å². The zero-order valence-corrected chi connectivity index (χ0v) is 6.46. The minimum absolute atomic E-state index is 0.160. The number of nitrogens with one attached hydrogen (secondary N) is 1. The van der Waals surface area contributed by atoms with Crippen LogP contribution in [0, 0.1) is 6.92 Å². The van der Waals surface area contributed by atoms with Crippen LogP contribution in [0.25, 0.3) is 0 Å². The lowest BCUT2D eigenvalue weighted by atomic mass is 10.2. The second-order valence-electron chi connectivity index (χ2n) is 2.37. The predicted molar refractivity (Wildman–Crippen MR) is 39.7 cm³/mol. The molecule has 0 aromatic carbocycles. The summed E-state index contributed by atoms with van der Waals surface area (Å²) in [6, 6.07) is -0.700. The highest BCUT2D eigenvalue weighted by Crippen LogP contribution is 2.07. The summed E-state index contributed by atoms with van der Waals surface area (Å²) >= 11 is 0. The summed E-state index contributed by atoms with van der Waals surface area (Å²) in [5, 5.41) is 2.53. The molecule has 0 bridgehead atoms. The van der Waals surface area contributed by atoms with Gasteiger partial charge >= 0.3 is 6.03 Å². The van der Waals surface area contributed by atoms with Crippen molar-refractivity contribution in [1.82, 2.24) is 10.2 Å². The first kappa shape index (κ1) is 8.04. The molecule has 1 rings (SSSR count). The average molecular weight is 155 g/mol. The fourth-order valence-electron chi connectivity index (χ4n) is 1.07. The van der Waals surface area contributed by atoms with Crippen LogP contribution in [0.3, 0.4) is 0 Å². The minimum Gasteiger partial charge on any atom is -0.326 e. The van der Waals surface area contributed by atoms with Gasteiger partial charge in [0.2, 0.25) is 0 Å². The maximum Gasteiger partial charge on any atom is 0.324 e. The third-order valence-electron chi connectivity index (χ3n) is 1.71. The molecule has 3 amide bonds. The average Bonchev–Trinajstić information content (AvgIpc) is 2.26. The van der Waals surface area contributed by atoms with Crippen molar-refractivity contribution in [3.8, 4) is 0 Å². The van der Waals surface area contributed by atoms with Gasteiger partial charge < -0.3 is 5.32 Å². The van der Waals surface area contributed by atoms with E-state index in [2.05, 4.69) is 12.2 Å². The zero-order chi connectivity index (χ0) is 8.43. The number of imide groups is 1. The maximum atomic E-state index is 11.2. The Morgan fingerprint density at radius 2 is 2.27 bits per heavy atom. The largest absolute Gasteiger partial charge is 0.326 e. The first-order chi connectivity index (χ1) is 5.20. The molecule has 0 aromatic heterocycles. The molecule has 1 fully saturated rings.